The van der Waals surface area contributed by atoms with E-state index < -0.39 is 0 Å². The van der Waals surface area contributed by atoms with Crippen molar-refractivity contribution in [3.05, 3.63) is 53.1 Å². The predicted molar refractivity (Wildman–Crippen MR) is 120 cm³/mol. The van der Waals surface area contributed by atoms with Crippen LogP contribution in [0.1, 0.15) is 59.8 Å². The molecule has 1 amide bonds. The Hall–Kier alpha value is -2.87. The molecule has 8 heteroatoms. The van der Waals surface area contributed by atoms with Crippen molar-refractivity contribution in [2.45, 2.75) is 39.2 Å². The fraction of sp³-hybridized carbons (Fsp3) is 0.364. The van der Waals surface area contributed by atoms with Crippen LogP contribution in [0.15, 0.2) is 34.9 Å². The molecular weight excluding hydrogens is 398 g/mol. The number of amides is 1. The quantitative estimate of drug-likeness (QED) is 0.445. The smallest absolute Gasteiger partial charge is 0.259 e. The van der Waals surface area contributed by atoms with Crippen LogP contribution in [0.3, 0.4) is 0 Å². The van der Waals surface area contributed by atoms with E-state index in [1.807, 2.05) is 51.1 Å². The summed E-state index contributed by atoms with van der Waals surface area (Å²) in [4.78, 5) is 26.0. The molecule has 0 aliphatic heterocycles. The van der Waals surface area contributed by atoms with Crippen molar-refractivity contribution in [2.24, 2.45) is 0 Å². The molecule has 3 aromatic heterocycles. The lowest BCUT2D eigenvalue weighted by molar-refractivity contribution is 0.0935. The molecule has 0 aliphatic rings. The summed E-state index contributed by atoms with van der Waals surface area (Å²) in [6.07, 6.45) is 2.82. The highest BCUT2D eigenvalue weighted by atomic mass is 32.2. The highest BCUT2D eigenvalue weighted by Crippen LogP contribution is 2.27. The highest BCUT2D eigenvalue weighted by molar-refractivity contribution is 7.98. The Morgan fingerprint density at radius 3 is 2.80 bits per heavy atom. The van der Waals surface area contributed by atoms with Crippen molar-refractivity contribution in [3.63, 3.8) is 0 Å². The first kappa shape index (κ1) is 20.4. The van der Waals surface area contributed by atoms with Gasteiger partial charge in [-0.3, -0.25) is 4.79 Å². The number of hydrogen-bond donors (Lipinski definition) is 2. The molecule has 3 heterocycles. The molecule has 0 saturated heterocycles. The van der Waals surface area contributed by atoms with E-state index in [1.54, 1.807) is 11.8 Å². The standard InChI is InChI=1S/C22H25N5O2S/c1-12(2)18-11-14(19-13(3)27-29-22(19)26-18)21(28)25-17(9-10-30-4)20-23-15-7-5-6-8-16(15)24-20/h5-8,11-12,17H,9-10H2,1-4H3,(H,23,24)(H,25,28). The van der Waals surface area contributed by atoms with Crippen LogP contribution < -0.4 is 5.32 Å². The Kier molecular flexibility index (Phi) is 5.76. The minimum atomic E-state index is -0.233. The van der Waals surface area contributed by atoms with Crippen molar-refractivity contribution in [3.8, 4) is 0 Å². The first-order valence-electron chi connectivity index (χ1n) is 9.99. The first-order chi connectivity index (χ1) is 14.5. The third-order valence-electron chi connectivity index (χ3n) is 5.13. The molecule has 1 unspecified atom stereocenters. The summed E-state index contributed by atoms with van der Waals surface area (Å²) >= 11 is 1.74. The molecule has 1 atom stereocenters. The van der Waals surface area contributed by atoms with Crippen LogP contribution in [0.25, 0.3) is 22.1 Å². The van der Waals surface area contributed by atoms with E-state index in [0.29, 0.717) is 22.4 Å². The predicted octanol–water partition coefficient (Wildman–Crippen LogP) is 4.76. The van der Waals surface area contributed by atoms with Crippen molar-refractivity contribution >= 4 is 39.8 Å². The van der Waals surface area contributed by atoms with Gasteiger partial charge >= 0.3 is 0 Å². The summed E-state index contributed by atoms with van der Waals surface area (Å²) in [5.41, 5.74) is 4.23. The van der Waals surface area contributed by atoms with Crippen molar-refractivity contribution < 1.29 is 9.32 Å². The molecule has 0 aliphatic carbocycles. The second-order valence-corrected chi connectivity index (χ2v) is 8.63. The number of thioether (sulfide) groups is 1. The minimum absolute atomic E-state index is 0.161. The summed E-state index contributed by atoms with van der Waals surface area (Å²) in [7, 11) is 0. The van der Waals surface area contributed by atoms with Gasteiger partial charge in [-0.1, -0.05) is 31.1 Å². The number of aromatic nitrogens is 4. The third kappa shape index (κ3) is 3.92. The van der Waals surface area contributed by atoms with E-state index in [2.05, 4.69) is 26.7 Å². The Morgan fingerprint density at radius 2 is 2.07 bits per heavy atom. The number of hydrogen-bond acceptors (Lipinski definition) is 6. The number of fused-ring (bicyclic) bond motifs is 2. The van der Waals surface area contributed by atoms with Gasteiger partial charge in [0.05, 0.1) is 33.7 Å². The van der Waals surface area contributed by atoms with Gasteiger partial charge in [0.25, 0.3) is 11.6 Å². The van der Waals surface area contributed by atoms with E-state index >= 15 is 0 Å². The molecule has 7 nitrogen and oxygen atoms in total. The van der Waals surface area contributed by atoms with E-state index in [0.717, 1.165) is 34.7 Å². The zero-order valence-corrected chi connectivity index (χ0v) is 18.3. The van der Waals surface area contributed by atoms with Gasteiger partial charge in [-0.25, -0.2) is 9.97 Å². The number of aryl methyl sites for hydroxylation is 1. The molecule has 4 aromatic rings. The first-order valence-corrected chi connectivity index (χ1v) is 11.4. The normalized spacial score (nSPS) is 12.7. The topological polar surface area (TPSA) is 96.7 Å². The minimum Gasteiger partial charge on any atom is -0.342 e. The lowest BCUT2D eigenvalue weighted by Crippen LogP contribution is -2.30. The van der Waals surface area contributed by atoms with Gasteiger partial charge in [0.15, 0.2) is 0 Å². The fourth-order valence-corrected chi connectivity index (χ4v) is 3.95. The fourth-order valence-electron chi connectivity index (χ4n) is 3.48. The summed E-state index contributed by atoms with van der Waals surface area (Å²) in [5, 5.41) is 7.85. The maximum Gasteiger partial charge on any atom is 0.259 e. The van der Waals surface area contributed by atoms with E-state index in [-0.39, 0.29) is 17.9 Å². The zero-order valence-electron chi connectivity index (χ0n) is 17.5. The summed E-state index contributed by atoms with van der Waals surface area (Å²) in [6, 6.07) is 9.49. The summed E-state index contributed by atoms with van der Waals surface area (Å²) < 4.78 is 5.36. The molecule has 0 saturated carbocycles. The van der Waals surface area contributed by atoms with Gasteiger partial charge in [-0.05, 0) is 49.5 Å². The van der Waals surface area contributed by atoms with Crippen LogP contribution in [-0.4, -0.2) is 38.0 Å². The molecule has 0 fully saturated rings. The number of imidazole rings is 1. The average Bonchev–Trinajstić information content (AvgIpc) is 3.34. The van der Waals surface area contributed by atoms with Crippen molar-refractivity contribution in [2.75, 3.05) is 12.0 Å². The molecule has 0 bridgehead atoms. The van der Waals surface area contributed by atoms with Gasteiger partial charge in [-0.2, -0.15) is 11.8 Å². The molecule has 0 spiro atoms. The molecule has 1 aromatic carbocycles. The van der Waals surface area contributed by atoms with Crippen molar-refractivity contribution in [1.29, 1.82) is 0 Å². The number of rotatable bonds is 7. The number of aromatic amines is 1. The SMILES string of the molecule is CSCCC(NC(=O)c1cc(C(C)C)nc2onc(C)c12)c1nc2ccccc2[nH]1. The molecular formula is C22H25N5O2S. The van der Waals surface area contributed by atoms with Crippen LogP contribution in [0.2, 0.25) is 0 Å². The number of pyridine rings is 1. The van der Waals surface area contributed by atoms with Crippen LogP contribution in [0.4, 0.5) is 0 Å². The molecule has 30 heavy (non-hydrogen) atoms. The van der Waals surface area contributed by atoms with Crippen LogP contribution in [0, 0.1) is 6.92 Å². The van der Waals surface area contributed by atoms with Crippen molar-refractivity contribution in [1.82, 2.24) is 25.4 Å². The Balaban J connectivity index is 1.71. The summed E-state index contributed by atoms with van der Waals surface area (Å²) in [6.45, 7) is 5.90. The number of carbonyl (C=O) groups excluding carboxylic acids is 1. The summed E-state index contributed by atoms with van der Waals surface area (Å²) in [5.74, 6) is 1.64. The molecule has 4 rings (SSSR count). The highest BCUT2D eigenvalue weighted by Gasteiger charge is 2.24. The molecule has 0 radical (unpaired) electrons. The van der Waals surface area contributed by atoms with Gasteiger partial charge < -0.3 is 14.8 Å². The van der Waals surface area contributed by atoms with E-state index in [1.165, 1.54) is 0 Å². The zero-order chi connectivity index (χ0) is 21.3. The van der Waals surface area contributed by atoms with E-state index in [4.69, 9.17) is 9.51 Å². The largest absolute Gasteiger partial charge is 0.342 e. The maximum absolute atomic E-state index is 13.4. The second kappa shape index (κ2) is 8.47. The van der Waals surface area contributed by atoms with E-state index in [9.17, 15) is 4.79 Å². The molecule has 2 N–H and O–H groups in total. The molecule has 156 valence electrons. The number of nitrogens with one attached hydrogen (secondary N) is 2. The van der Waals surface area contributed by atoms with Gasteiger partial charge in [0, 0.05) is 5.69 Å². The van der Waals surface area contributed by atoms with Gasteiger partial charge in [-0.15, -0.1) is 0 Å². The van der Waals surface area contributed by atoms with Gasteiger partial charge in [0.2, 0.25) is 0 Å². The van der Waals surface area contributed by atoms with Crippen LogP contribution in [-0.2, 0) is 0 Å². The lowest BCUT2D eigenvalue weighted by atomic mass is 10.0. The van der Waals surface area contributed by atoms with Crippen LogP contribution >= 0.6 is 11.8 Å². The maximum atomic E-state index is 13.4. The van der Waals surface area contributed by atoms with Gasteiger partial charge in [0.1, 0.15) is 5.82 Å². The Morgan fingerprint density at radius 1 is 1.27 bits per heavy atom. The number of H-pyrrole nitrogens is 1. The Labute approximate surface area is 179 Å². The number of para-hydroxylation sites is 2. The monoisotopic (exact) mass is 423 g/mol. The van der Waals surface area contributed by atoms with Crippen LogP contribution in [0.5, 0.6) is 0 Å². The Bertz CT molecular complexity index is 1160. The number of carbonyl (C=O) groups is 1. The number of nitrogens with zero attached hydrogens (tertiary/aromatic N) is 3. The lowest BCUT2D eigenvalue weighted by Gasteiger charge is -2.17. The second-order valence-electron chi connectivity index (χ2n) is 7.64. The number of benzene rings is 1. The average molecular weight is 424 g/mol. The third-order valence-corrected chi connectivity index (χ3v) is 5.77.